The molecular formula is C18H18N6O2. The molecule has 1 atom stereocenters. The number of fused-ring (bicyclic) bond motifs is 1. The lowest BCUT2D eigenvalue weighted by Gasteiger charge is -2.13. The molecule has 1 unspecified atom stereocenters. The van der Waals surface area contributed by atoms with Gasteiger partial charge in [-0.25, -0.2) is 0 Å². The molecule has 0 aliphatic carbocycles. The highest BCUT2D eigenvalue weighted by Crippen LogP contribution is 2.25. The molecule has 0 fully saturated rings. The molecule has 2 heterocycles. The van der Waals surface area contributed by atoms with Gasteiger partial charge in [-0.05, 0) is 36.8 Å². The number of methoxy groups -OCH3 is 1. The molecule has 0 amide bonds. The van der Waals surface area contributed by atoms with Crippen molar-refractivity contribution in [1.29, 1.82) is 0 Å². The second-order valence-electron chi connectivity index (χ2n) is 5.80. The molecule has 26 heavy (non-hydrogen) atoms. The fourth-order valence-electron chi connectivity index (χ4n) is 2.67. The van der Waals surface area contributed by atoms with Crippen LogP contribution in [0.1, 0.15) is 18.5 Å². The maximum Gasteiger partial charge on any atom is 0.322 e. The molecule has 3 N–H and O–H groups in total. The van der Waals surface area contributed by atoms with Crippen molar-refractivity contribution in [1.82, 2.24) is 20.4 Å². The van der Waals surface area contributed by atoms with Gasteiger partial charge in [-0.3, -0.25) is 10.4 Å². The van der Waals surface area contributed by atoms with Gasteiger partial charge < -0.3 is 14.5 Å². The Kier molecular flexibility index (Phi) is 4.14. The maximum absolute atomic E-state index is 5.63. The third kappa shape index (κ3) is 3.16. The van der Waals surface area contributed by atoms with Crippen LogP contribution in [-0.2, 0) is 0 Å². The number of nitrogens with one attached hydrogen (secondary N) is 3. The van der Waals surface area contributed by atoms with Gasteiger partial charge in [0.1, 0.15) is 5.75 Å². The molecule has 0 aliphatic rings. The van der Waals surface area contributed by atoms with Crippen molar-refractivity contribution in [2.45, 2.75) is 13.0 Å². The molecule has 0 radical (unpaired) electrons. The van der Waals surface area contributed by atoms with E-state index in [1.54, 1.807) is 7.11 Å². The number of H-pyrrole nitrogens is 1. The van der Waals surface area contributed by atoms with Crippen LogP contribution < -0.4 is 15.4 Å². The second kappa shape index (κ2) is 6.75. The molecule has 132 valence electrons. The van der Waals surface area contributed by atoms with Crippen LogP contribution in [0, 0.1) is 0 Å². The van der Waals surface area contributed by atoms with Crippen LogP contribution in [0.5, 0.6) is 5.75 Å². The predicted molar refractivity (Wildman–Crippen MR) is 98.7 cm³/mol. The fraction of sp³-hybridized carbons (Fsp3) is 0.167. The number of para-hydroxylation sites is 1. The first kappa shape index (κ1) is 15.9. The van der Waals surface area contributed by atoms with Gasteiger partial charge >= 0.3 is 12.0 Å². The van der Waals surface area contributed by atoms with E-state index in [-0.39, 0.29) is 12.1 Å². The van der Waals surface area contributed by atoms with E-state index in [9.17, 15) is 0 Å². The van der Waals surface area contributed by atoms with Gasteiger partial charge in [0, 0.05) is 5.39 Å². The second-order valence-corrected chi connectivity index (χ2v) is 5.80. The molecule has 2 aromatic heterocycles. The van der Waals surface area contributed by atoms with Crippen molar-refractivity contribution in [2.75, 3.05) is 17.7 Å². The highest BCUT2D eigenvalue weighted by Gasteiger charge is 2.13. The lowest BCUT2D eigenvalue weighted by molar-refractivity contribution is 0.414. The number of aromatic nitrogens is 4. The molecule has 0 aliphatic heterocycles. The lowest BCUT2D eigenvalue weighted by Crippen LogP contribution is -2.06. The van der Waals surface area contributed by atoms with Gasteiger partial charge in [0.15, 0.2) is 5.82 Å². The SMILES string of the molecule is COc1cccc(C(C)Nc2nnc(Nc3n[nH]c4ccccc34)o2)c1. The number of aromatic amines is 1. The van der Waals surface area contributed by atoms with Crippen LogP contribution >= 0.6 is 0 Å². The van der Waals surface area contributed by atoms with Gasteiger partial charge in [-0.1, -0.05) is 34.5 Å². The molecule has 8 nitrogen and oxygen atoms in total. The van der Waals surface area contributed by atoms with E-state index in [0.717, 1.165) is 22.2 Å². The molecule has 4 aromatic rings. The number of benzene rings is 2. The average molecular weight is 350 g/mol. The Morgan fingerprint density at radius 2 is 1.92 bits per heavy atom. The van der Waals surface area contributed by atoms with E-state index in [4.69, 9.17) is 9.15 Å². The first-order valence-electron chi connectivity index (χ1n) is 8.17. The number of nitrogens with zero attached hydrogens (tertiary/aromatic N) is 3. The van der Waals surface area contributed by atoms with E-state index >= 15 is 0 Å². The standard InChI is InChI=1S/C18H18N6O2/c1-11(12-6-5-7-13(10-12)25-2)19-17-23-24-18(26-17)20-16-14-8-3-4-9-15(14)21-22-16/h3-11H,1-2H3,(H,19,23)(H2,20,21,22,24). The van der Waals surface area contributed by atoms with E-state index in [0.29, 0.717) is 11.8 Å². The third-order valence-electron chi connectivity index (χ3n) is 4.05. The molecule has 8 heteroatoms. The zero-order valence-electron chi connectivity index (χ0n) is 14.4. The van der Waals surface area contributed by atoms with Gasteiger partial charge in [-0.2, -0.15) is 5.10 Å². The Bertz CT molecular complexity index is 1030. The molecule has 0 spiro atoms. The number of hydrogen-bond acceptors (Lipinski definition) is 7. The van der Waals surface area contributed by atoms with Crippen LogP contribution in [0.2, 0.25) is 0 Å². The molecule has 0 saturated carbocycles. The third-order valence-corrected chi connectivity index (χ3v) is 4.05. The number of hydrogen-bond donors (Lipinski definition) is 3. The molecule has 2 aromatic carbocycles. The van der Waals surface area contributed by atoms with Crippen LogP contribution in [0.3, 0.4) is 0 Å². The number of anilines is 3. The van der Waals surface area contributed by atoms with Crippen LogP contribution in [0.15, 0.2) is 52.9 Å². The number of ether oxygens (including phenoxy) is 1. The monoisotopic (exact) mass is 350 g/mol. The molecule has 0 bridgehead atoms. The van der Waals surface area contributed by atoms with Crippen molar-refractivity contribution in [2.24, 2.45) is 0 Å². The summed E-state index contributed by atoms with van der Waals surface area (Å²) >= 11 is 0. The zero-order valence-corrected chi connectivity index (χ0v) is 14.4. The van der Waals surface area contributed by atoms with Crippen LogP contribution in [0.25, 0.3) is 10.9 Å². The van der Waals surface area contributed by atoms with Crippen LogP contribution in [0.4, 0.5) is 17.8 Å². The lowest BCUT2D eigenvalue weighted by atomic mass is 10.1. The van der Waals surface area contributed by atoms with Crippen molar-refractivity contribution < 1.29 is 9.15 Å². The summed E-state index contributed by atoms with van der Waals surface area (Å²) in [6.07, 6.45) is 0. The van der Waals surface area contributed by atoms with Gasteiger partial charge in [0.05, 0.1) is 18.7 Å². The summed E-state index contributed by atoms with van der Waals surface area (Å²) in [6.45, 7) is 2.01. The Morgan fingerprint density at radius 3 is 2.81 bits per heavy atom. The van der Waals surface area contributed by atoms with Crippen molar-refractivity contribution in [3.63, 3.8) is 0 Å². The maximum atomic E-state index is 5.63. The smallest absolute Gasteiger partial charge is 0.322 e. The topological polar surface area (TPSA) is 101 Å². The summed E-state index contributed by atoms with van der Waals surface area (Å²) in [4.78, 5) is 0. The Hall–Kier alpha value is -3.55. The zero-order chi connectivity index (χ0) is 17.9. The van der Waals surface area contributed by atoms with Gasteiger partial charge in [0.2, 0.25) is 0 Å². The quantitative estimate of drug-likeness (QED) is 0.485. The van der Waals surface area contributed by atoms with Crippen molar-refractivity contribution in [3.05, 3.63) is 54.1 Å². The first-order chi connectivity index (χ1) is 12.7. The highest BCUT2D eigenvalue weighted by atomic mass is 16.5. The van der Waals surface area contributed by atoms with Crippen molar-refractivity contribution in [3.8, 4) is 5.75 Å². The largest absolute Gasteiger partial charge is 0.497 e. The summed E-state index contributed by atoms with van der Waals surface area (Å²) in [5, 5.41) is 22.4. The summed E-state index contributed by atoms with van der Waals surface area (Å²) in [5.74, 6) is 1.44. The molecule has 0 saturated heterocycles. The molecule has 4 rings (SSSR count). The van der Waals surface area contributed by atoms with E-state index < -0.39 is 0 Å². The highest BCUT2D eigenvalue weighted by molar-refractivity contribution is 5.90. The Labute approximate surface area is 149 Å². The normalized spacial score (nSPS) is 12.1. The minimum Gasteiger partial charge on any atom is -0.497 e. The summed E-state index contributed by atoms with van der Waals surface area (Å²) < 4.78 is 10.9. The van der Waals surface area contributed by atoms with E-state index in [2.05, 4.69) is 31.0 Å². The average Bonchev–Trinajstić information content (AvgIpc) is 3.29. The minimum absolute atomic E-state index is 0.0235. The Morgan fingerprint density at radius 1 is 1.08 bits per heavy atom. The number of rotatable bonds is 6. The fourth-order valence-corrected chi connectivity index (χ4v) is 2.67. The van der Waals surface area contributed by atoms with Crippen molar-refractivity contribution >= 4 is 28.8 Å². The molecular weight excluding hydrogens is 332 g/mol. The Balaban J connectivity index is 1.47. The van der Waals surface area contributed by atoms with Gasteiger partial charge in [0.25, 0.3) is 0 Å². The summed E-state index contributed by atoms with van der Waals surface area (Å²) in [6, 6.07) is 16.2. The van der Waals surface area contributed by atoms with Crippen LogP contribution in [-0.4, -0.2) is 27.5 Å². The van der Waals surface area contributed by atoms with E-state index in [1.807, 2.05) is 55.5 Å². The van der Waals surface area contributed by atoms with E-state index in [1.165, 1.54) is 0 Å². The predicted octanol–water partition coefficient (Wildman–Crippen LogP) is 3.87. The van der Waals surface area contributed by atoms with Gasteiger partial charge in [-0.15, -0.1) is 0 Å². The minimum atomic E-state index is -0.0235. The first-order valence-corrected chi connectivity index (χ1v) is 8.17. The summed E-state index contributed by atoms with van der Waals surface area (Å²) in [5.41, 5.74) is 1.98. The summed E-state index contributed by atoms with van der Waals surface area (Å²) in [7, 11) is 1.64.